The Bertz CT molecular complexity index is 896. The Morgan fingerprint density at radius 2 is 1.77 bits per heavy atom. The molecule has 158 valence electrons. The number of amides is 3. The monoisotopic (exact) mass is 412 g/mol. The molecule has 0 bridgehead atoms. The van der Waals surface area contributed by atoms with Gasteiger partial charge in [0.2, 0.25) is 11.8 Å². The maximum absolute atomic E-state index is 12.4. The summed E-state index contributed by atoms with van der Waals surface area (Å²) in [6, 6.07) is 6.43. The largest absolute Gasteiger partial charge is 0.452 e. The average Bonchev–Trinajstić information content (AvgIpc) is 2.97. The van der Waals surface area contributed by atoms with Gasteiger partial charge in [0.15, 0.2) is 11.9 Å². The van der Waals surface area contributed by atoms with Crippen LogP contribution in [0, 0.1) is 11.8 Å². The number of nitrogens with one attached hydrogen (secondary N) is 1. The van der Waals surface area contributed by atoms with Gasteiger partial charge in [0, 0.05) is 17.8 Å². The van der Waals surface area contributed by atoms with E-state index in [2.05, 4.69) is 5.32 Å². The van der Waals surface area contributed by atoms with Crippen LogP contribution >= 0.6 is 0 Å². The predicted molar refractivity (Wildman–Crippen MR) is 107 cm³/mol. The number of Topliss-reactive ketones (excluding diaryl/α,β-unsaturated/α-hetero) is 1. The van der Waals surface area contributed by atoms with Gasteiger partial charge in [-0.15, -0.1) is 0 Å². The van der Waals surface area contributed by atoms with Gasteiger partial charge >= 0.3 is 5.97 Å². The van der Waals surface area contributed by atoms with Crippen LogP contribution in [0.3, 0.4) is 0 Å². The van der Waals surface area contributed by atoms with E-state index in [4.69, 9.17) is 4.74 Å². The first-order chi connectivity index (χ1) is 14.3. The fraction of sp³-hybridized carbons (Fsp3) is 0.409. The zero-order chi connectivity index (χ0) is 21.8. The molecule has 8 nitrogen and oxygen atoms in total. The average molecular weight is 412 g/mol. The highest BCUT2D eigenvalue weighted by Crippen LogP contribution is 2.35. The number of hydrogen-bond acceptors (Lipinski definition) is 6. The number of ketones is 1. The summed E-state index contributed by atoms with van der Waals surface area (Å²) in [6.45, 7) is 2.79. The number of hydrogen-bond donors (Lipinski definition) is 1. The number of fused-ring (bicyclic) bond motifs is 1. The van der Waals surface area contributed by atoms with Gasteiger partial charge in [-0.05, 0) is 38.8 Å². The van der Waals surface area contributed by atoms with E-state index < -0.39 is 18.0 Å². The number of anilines is 1. The molecule has 1 fully saturated rings. The van der Waals surface area contributed by atoms with E-state index in [1.165, 1.54) is 19.9 Å². The lowest BCUT2D eigenvalue weighted by Crippen LogP contribution is -2.35. The van der Waals surface area contributed by atoms with E-state index in [1.54, 1.807) is 18.2 Å². The molecule has 3 atom stereocenters. The molecule has 0 radical (unpaired) electrons. The lowest BCUT2D eigenvalue weighted by Gasteiger charge is -2.16. The number of nitrogens with zero attached hydrogens (tertiary/aromatic N) is 1. The van der Waals surface area contributed by atoms with Crippen molar-refractivity contribution in [2.45, 2.75) is 39.2 Å². The summed E-state index contributed by atoms with van der Waals surface area (Å²) in [7, 11) is 0. The number of allylic oxidation sites excluding steroid dienone is 2. The first-order valence-corrected chi connectivity index (χ1v) is 9.89. The smallest absolute Gasteiger partial charge is 0.308 e. The molecule has 3 rings (SSSR count). The van der Waals surface area contributed by atoms with Gasteiger partial charge in [0.05, 0.1) is 18.3 Å². The highest BCUT2D eigenvalue weighted by molar-refractivity contribution is 6.05. The number of carbonyl (C=O) groups is 5. The summed E-state index contributed by atoms with van der Waals surface area (Å²) in [5.41, 5.74) is 0.869. The number of carbonyl (C=O) groups excluding carboxylic acids is 5. The molecule has 0 spiro atoms. The van der Waals surface area contributed by atoms with Crippen LogP contribution in [0.25, 0.3) is 0 Å². The quantitative estimate of drug-likeness (QED) is 0.318. The first-order valence-electron chi connectivity index (χ1n) is 9.89. The molecule has 3 amide bonds. The molecular weight excluding hydrogens is 388 g/mol. The molecule has 1 heterocycles. The third kappa shape index (κ3) is 4.64. The van der Waals surface area contributed by atoms with E-state index in [0.717, 1.165) is 4.90 Å². The second-order valence-electron chi connectivity index (χ2n) is 7.49. The number of rotatable bonds is 7. The van der Waals surface area contributed by atoms with Crippen molar-refractivity contribution in [3.63, 3.8) is 0 Å². The maximum atomic E-state index is 12.4. The van der Waals surface area contributed by atoms with Crippen LogP contribution in [0.4, 0.5) is 5.69 Å². The van der Waals surface area contributed by atoms with Crippen molar-refractivity contribution in [2.75, 3.05) is 11.9 Å². The van der Waals surface area contributed by atoms with Crippen molar-refractivity contribution in [2.24, 2.45) is 11.8 Å². The van der Waals surface area contributed by atoms with Crippen molar-refractivity contribution < 1.29 is 28.7 Å². The molecule has 0 saturated carbocycles. The molecule has 1 aliphatic heterocycles. The SMILES string of the molecule is CC(=O)c1cccc(NC(=O)[C@H](C)OC(=O)CCN2C(=O)[C@H]3CC=CC[C@@H]3C2=O)c1. The Hall–Kier alpha value is -3.29. The predicted octanol–water partition coefficient (Wildman–Crippen LogP) is 2.10. The molecule has 1 aromatic rings. The van der Waals surface area contributed by atoms with E-state index >= 15 is 0 Å². The third-order valence-corrected chi connectivity index (χ3v) is 5.35. The zero-order valence-electron chi connectivity index (χ0n) is 16.9. The molecule has 0 unspecified atom stereocenters. The summed E-state index contributed by atoms with van der Waals surface area (Å²) in [4.78, 5) is 61.8. The molecule has 1 N–H and O–H groups in total. The Morgan fingerprint density at radius 1 is 1.13 bits per heavy atom. The van der Waals surface area contributed by atoms with E-state index in [-0.39, 0.29) is 42.4 Å². The maximum Gasteiger partial charge on any atom is 0.308 e. The van der Waals surface area contributed by atoms with Crippen molar-refractivity contribution in [1.82, 2.24) is 4.90 Å². The summed E-state index contributed by atoms with van der Waals surface area (Å²) in [5.74, 6) is -2.54. The Balaban J connectivity index is 1.49. The minimum absolute atomic E-state index is 0.0570. The minimum Gasteiger partial charge on any atom is -0.452 e. The van der Waals surface area contributed by atoms with E-state index in [1.807, 2.05) is 12.2 Å². The molecular formula is C22H24N2O6. The molecule has 1 saturated heterocycles. The first kappa shape index (κ1) is 21.4. The fourth-order valence-electron chi connectivity index (χ4n) is 3.66. The van der Waals surface area contributed by atoms with Crippen molar-refractivity contribution in [3.05, 3.63) is 42.0 Å². The molecule has 1 aliphatic carbocycles. The Labute approximate surface area is 174 Å². The second-order valence-corrected chi connectivity index (χ2v) is 7.49. The molecule has 8 heteroatoms. The number of likely N-dealkylation sites (tertiary alicyclic amines) is 1. The highest BCUT2D eigenvalue weighted by Gasteiger charge is 2.47. The number of benzene rings is 1. The van der Waals surface area contributed by atoms with E-state index in [9.17, 15) is 24.0 Å². The number of ether oxygens (including phenoxy) is 1. The van der Waals surface area contributed by atoms with E-state index in [0.29, 0.717) is 24.1 Å². The van der Waals surface area contributed by atoms with Crippen LogP contribution in [0.1, 0.15) is 43.5 Å². The minimum atomic E-state index is -1.07. The third-order valence-electron chi connectivity index (χ3n) is 5.35. The van der Waals surface area contributed by atoms with Gasteiger partial charge in [-0.2, -0.15) is 0 Å². The van der Waals surface area contributed by atoms with Crippen LogP contribution in [0.5, 0.6) is 0 Å². The van der Waals surface area contributed by atoms with Crippen molar-refractivity contribution in [3.8, 4) is 0 Å². The van der Waals surface area contributed by atoms with Crippen LogP contribution in [0.15, 0.2) is 36.4 Å². The lowest BCUT2D eigenvalue weighted by atomic mass is 9.85. The van der Waals surface area contributed by atoms with Gasteiger partial charge < -0.3 is 10.1 Å². The summed E-state index contributed by atoms with van der Waals surface area (Å²) in [6.07, 6.45) is 3.63. The topological polar surface area (TPSA) is 110 Å². The van der Waals surface area contributed by atoms with Gasteiger partial charge in [0.25, 0.3) is 5.91 Å². The summed E-state index contributed by atoms with van der Waals surface area (Å²) in [5, 5.41) is 2.59. The number of imide groups is 1. The summed E-state index contributed by atoms with van der Waals surface area (Å²) >= 11 is 0. The standard InChI is InChI=1S/C22H24N2O6/c1-13(25)15-6-5-7-16(12-15)23-20(27)14(2)30-19(26)10-11-24-21(28)17-8-3-4-9-18(17)22(24)29/h3-7,12,14,17-18H,8-11H2,1-2H3,(H,23,27)/t14-,17-,18-/m0/s1. The molecule has 0 aromatic heterocycles. The molecule has 30 heavy (non-hydrogen) atoms. The van der Waals surface area contributed by atoms with Crippen LogP contribution < -0.4 is 5.32 Å². The van der Waals surface area contributed by atoms with Crippen molar-refractivity contribution in [1.29, 1.82) is 0 Å². The molecule has 1 aromatic carbocycles. The van der Waals surface area contributed by atoms with Crippen molar-refractivity contribution >= 4 is 35.2 Å². The van der Waals surface area contributed by atoms with Gasteiger partial charge in [-0.3, -0.25) is 28.9 Å². The van der Waals surface area contributed by atoms with Gasteiger partial charge in [-0.1, -0.05) is 24.3 Å². The lowest BCUT2D eigenvalue weighted by molar-refractivity contribution is -0.154. The van der Waals surface area contributed by atoms with Crippen LogP contribution in [-0.2, 0) is 23.9 Å². The Kier molecular flexibility index (Phi) is 6.44. The summed E-state index contributed by atoms with van der Waals surface area (Å²) < 4.78 is 5.13. The zero-order valence-corrected chi connectivity index (χ0v) is 16.9. The number of esters is 1. The van der Waals surface area contributed by atoms with Crippen LogP contribution in [0.2, 0.25) is 0 Å². The van der Waals surface area contributed by atoms with Crippen LogP contribution in [-0.4, -0.2) is 47.0 Å². The Morgan fingerprint density at radius 3 is 2.37 bits per heavy atom. The van der Waals surface area contributed by atoms with Gasteiger partial charge in [0.1, 0.15) is 0 Å². The normalized spacial score (nSPS) is 21.2. The van der Waals surface area contributed by atoms with Gasteiger partial charge in [-0.25, -0.2) is 0 Å². The highest BCUT2D eigenvalue weighted by atomic mass is 16.5. The second kappa shape index (κ2) is 9.02. The fourth-order valence-corrected chi connectivity index (χ4v) is 3.66. The molecule has 2 aliphatic rings.